The Hall–Kier alpha value is -2.96. The lowest BCUT2D eigenvalue weighted by Gasteiger charge is -2.33. The predicted molar refractivity (Wildman–Crippen MR) is 107 cm³/mol. The molecule has 0 unspecified atom stereocenters. The fourth-order valence-corrected chi connectivity index (χ4v) is 4.18. The van der Waals surface area contributed by atoms with Gasteiger partial charge in [0, 0.05) is 43.9 Å². The number of urea groups is 1. The molecule has 1 N–H and O–H groups in total. The van der Waals surface area contributed by atoms with Crippen LogP contribution in [0, 0.1) is 11.6 Å². The van der Waals surface area contributed by atoms with Crippen LogP contribution in [0.2, 0.25) is 0 Å². The zero-order valence-electron chi connectivity index (χ0n) is 16.3. The monoisotopic (exact) mass is 399 g/mol. The standard InChI is InChI=1S/C22H23F2N3O2/c1-26-20-8-6-17(11-14(20)4-9-21(26)28)25-22(29)27-10-2-3-15(13-27)18-12-16(23)5-7-19(18)24/h5-8,11-12,15H,2-4,9-10,13H2,1H3,(H,25,29)/t15-/m1/s1. The smallest absolute Gasteiger partial charge is 0.321 e. The minimum atomic E-state index is -0.472. The molecule has 1 fully saturated rings. The summed E-state index contributed by atoms with van der Waals surface area (Å²) in [6.45, 7) is 0.913. The van der Waals surface area contributed by atoms with Crippen molar-refractivity contribution < 1.29 is 18.4 Å². The molecule has 2 aromatic carbocycles. The van der Waals surface area contributed by atoms with E-state index in [0.29, 0.717) is 43.6 Å². The van der Waals surface area contributed by atoms with Crippen molar-refractivity contribution in [1.82, 2.24) is 4.90 Å². The summed E-state index contributed by atoms with van der Waals surface area (Å²) in [6.07, 6.45) is 2.54. The van der Waals surface area contributed by atoms with Crippen LogP contribution in [-0.4, -0.2) is 37.0 Å². The van der Waals surface area contributed by atoms with Gasteiger partial charge in [-0.2, -0.15) is 0 Å². The Kier molecular flexibility index (Phi) is 5.22. The van der Waals surface area contributed by atoms with Gasteiger partial charge in [0.05, 0.1) is 0 Å². The lowest BCUT2D eigenvalue weighted by atomic mass is 9.90. The number of aryl methyl sites for hydroxylation is 1. The Morgan fingerprint density at radius 1 is 1.14 bits per heavy atom. The second kappa shape index (κ2) is 7.81. The van der Waals surface area contributed by atoms with E-state index < -0.39 is 11.6 Å². The van der Waals surface area contributed by atoms with Gasteiger partial charge in [-0.1, -0.05) is 0 Å². The van der Waals surface area contributed by atoms with Crippen LogP contribution >= 0.6 is 0 Å². The minimum absolute atomic E-state index is 0.0817. The zero-order chi connectivity index (χ0) is 20.5. The molecule has 4 rings (SSSR count). The van der Waals surface area contributed by atoms with Crippen molar-refractivity contribution in [3.63, 3.8) is 0 Å². The van der Waals surface area contributed by atoms with Crippen molar-refractivity contribution in [3.8, 4) is 0 Å². The molecule has 0 saturated carbocycles. The van der Waals surface area contributed by atoms with Crippen LogP contribution in [0.15, 0.2) is 36.4 Å². The zero-order valence-corrected chi connectivity index (χ0v) is 16.3. The van der Waals surface area contributed by atoms with E-state index in [9.17, 15) is 18.4 Å². The Labute approximate surface area is 168 Å². The lowest BCUT2D eigenvalue weighted by molar-refractivity contribution is -0.118. The van der Waals surface area contributed by atoms with Crippen molar-refractivity contribution in [2.24, 2.45) is 0 Å². The number of hydrogen-bond acceptors (Lipinski definition) is 2. The second-order valence-electron chi connectivity index (χ2n) is 7.68. The third-order valence-corrected chi connectivity index (χ3v) is 5.78. The molecule has 2 aromatic rings. The first-order valence-corrected chi connectivity index (χ1v) is 9.83. The number of halogens is 2. The molecular weight excluding hydrogens is 376 g/mol. The van der Waals surface area contributed by atoms with E-state index in [4.69, 9.17) is 0 Å². The number of likely N-dealkylation sites (tertiary alicyclic amines) is 1. The van der Waals surface area contributed by atoms with Crippen LogP contribution in [0.5, 0.6) is 0 Å². The SMILES string of the molecule is CN1C(=O)CCc2cc(NC(=O)N3CCC[C@@H](c4cc(F)ccc4F)C3)ccc21. The number of piperidine rings is 1. The Morgan fingerprint density at radius 3 is 2.79 bits per heavy atom. The Morgan fingerprint density at radius 2 is 1.97 bits per heavy atom. The summed E-state index contributed by atoms with van der Waals surface area (Å²) >= 11 is 0. The summed E-state index contributed by atoms with van der Waals surface area (Å²) in [6, 6.07) is 8.72. The van der Waals surface area contributed by atoms with E-state index in [-0.39, 0.29) is 17.9 Å². The molecule has 2 aliphatic heterocycles. The molecule has 2 aliphatic rings. The summed E-state index contributed by atoms with van der Waals surface area (Å²) in [5.41, 5.74) is 2.86. The maximum absolute atomic E-state index is 14.1. The molecule has 0 bridgehead atoms. The molecule has 2 heterocycles. The highest BCUT2D eigenvalue weighted by atomic mass is 19.1. The summed E-state index contributed by atoms with van der Waals surface area (Å²) < 4.78 is 27.7. The normalized spacial score (nSPS) is 19.1. The van der Waals surface area contributed by atoms with Gasteiger partial charge in [0.2, 0.25) is 5.91 Å². The number of hydrogen-bond donors (Lipinski definition) is 1. The highest BCUT2D eigenvalue weighted by Gasteiger charge is 2.27. The fourth-order valence-electron chi connectivity index (χ4n) is 4.18. The maximum atomic E-state index is 14.1. The van der Waals surface area contributed by atoms with Crippen LogP contribution in [0.1, 0.15) is 36.3 Å². The van der Waals surface area contributed by atoms with E-state index in [1.165, 1.54) is 6.07 Å². The van der Waals surface area contributed by atoms with Crippen LogP contribution < -0.4 is 10.2 Å². The molecule has 3 amide bonds. The van der Waals surface area contributed by atoms with E-state index in [0.717, 1.165) is 29.8 Å². The third kappa shape index (κ3) is 3.95. The number of benzene rings is 2. The highest BCUT2D eigenvalue weighted by molar-refractivity contribution is 5.97. The van der Waals surface area contributed by atoms with Crippen LogP contribution in [0.4, 0.5) is 25.0 Å². The van der Waals surface area contributed by atoms with Crippen molar-refractivity contribution in [2.75, 3.05) is 30.4 Å². The van der Waals surface area contributed by atoms with Crippen LogP contribution in [0.3, 0.4) is 0 Å². The van der Waals surface area contributed by atoms with Crippen molar-refractivity contribution >= 4 is 23.3 Å². The summed E-state index contributed by atoms with van der Waals surface area (Å²) in [5.74, 6) is -1.06. The van der Waals surface area contributed by atoms with Gasteiger partial charge < -0.3 is 15.1 Å². The second-order valence-corrected chi connectivity index (χ2v) is 7.68. The van der Waals surface area contributed by atoms with Gasteiger partial charge in [-0.05, 0) is 66.8 Å². The largest absolute Gasteiger partial charge is 0.324 e. The van der Waals surface area contributed by atoms with E-state index >= 15 is 0 Å². The van der Waals surface area contributed by atoms with Gasteiger partial charge in [-0.15, -0.1) is 0 Å². The molecule has 0 aromatic heterocycles. The molecular formula is C22H23F2N3O2. The quantitative estimate of drug-likeness (QED) is 0.819. The molecule has 152 valence electrons. The third-order valence-electron chi connectivity index (χ3n) is 5.78. The molecule has 0 aliphatic carbocycles. The van der Waals surface area contributed by atoms with Crippen LogP contribution in [-0.2, 0) is 11.2 Å². The number of anilines is 2. The first kappa shape index (κ1) is 19.4. The lowest BCUT2D eigenvalue weighted by Crippen LogP contribution is -2.41. The molecule has 0 radical (unpaired) electrons. The number of nitrogens with zero attached hydrogens (tertiary/aromatic N) is 2. The summed E-state index contributed by atoms with van der Waals surface area (Å²) in [5, 5.41) is 2.90. The number of rotatable bonds is 2. The van der Waals surface area contributed by atoms with E-state index in [1.807, 2.05) is 12.1 Å². The predicted octanol–water partition coefficient (Wildman–Crippen LogP) is 4.29. The van der Waals surface area contributed by atoms with Gasteiger partial charge in [0.15, 0.2) is 0 Å². The number of carbonyl (C=O) groups is 2. The van der Waals surface area contributed by atoms with Gasteiger partial charge in [0.25, 0.3) is 0 Å². The van der Waals surface area contributed by atoms with Crippen LogP contribution in [0.25, 0.3) is 0 Å². The van der Waals surface area contributed by atoms with E-state index in [1.54, 1.807) is 22.9 Å². The van der Waals surface area contributed by atoms with E-state index in [2.05, 4.69) is 5.32 Å². The summed E-state index contributed by atoms with van der Waals surface area (Å²) in [4.78, 5) is 27.9. The van der Waals surface area contributed by atoms with Crippen molar-refractivity contribution in [2.45, 2.75) is 31.6 Å². The maximum Gasteiger partial charge on any atom is 0.321 e. The number of carbonyl (C=O) groups excluding carboxylic acids is 2. The Bertz CT molecular complexity index is 963. The average molecular weight is 399 g/mol. The van der Waals surface area contributed by atoms with Gasteiger partial charge >= 0.3 is 6.03 Å². The molecule has 1 saturated heterocycles. The number of nitrogens with one attached hydrogen (secondary N) is 1. The minimum Gasteiger partial charge on any atom is -0.324 e. The fraction of sp³-hybridized carbons (Fsp3) is 0.364. The van der Waals surface area contributed by atoms with Gasteiger partial charge in [-0.3, -0.25) is 4.79 Å². The molecule has 29 heavy (non-hydrogen) atoms. The van der Waals surface area contributed by atoms with Crippen molar-refractivity contribution in [3.05, 3.63) is 59.2 Å². The first-order chi connectivity index (χ1) is 13.9. The van der Waals surface area contributed by atoms with Gasteiger partial charge in [0.1, 0.15) is 11.6 Å². The highest BCUT2D eigenvalue weighted by Crippen LogP contribution is 2.31. The number of fused-ring (bicyclic) bond motifs is 1. The molecule has 1 atom stereocenters. The van der Waals surface area contributed by atoms with Gasteiger partial charge in [-0.25, -0.2) is 13.6 Å². The Balaban J connectivity index is 1.46. The van der Waals surface area contributed by atoms with Crippen molar-refractivity contribution in [1.29, 1.82) is 0 Å². The topological polar surface area (TPSA) is 52.7 Å². The molecule has 5 nitrogen and oxygen atoms in total. The molecule has 7 heteroatoms. The first-order valence-electron chi connectivity index (χ1n) is 9.83. The number of amides is 3. The summed E-state index contributed by atoms with van der Waals surface area (Å²) in [7, 11) is 1.75. The average Bonchev–Trinajstić information content (AvgIpc) is 2.72. The molecule has 0 spiro atoms.